The quantitative estimate of drug-likeness (QED) is 0.800. The van der Waals surface area contributed by atoms with E-state index in [1.807, 2.05) is 6.92 Å². The Labute approximate surface area is 106 Å². The normalized spacial score (nSPS) is 20.8. The van der Waals surface area contributed by atoms with E-state index in [2.05, 4.69) is 15.0 Å². The van der Waals surface area contributed by atoms with Gasteiger partial charge in [-0.3, -0.25) is 4.90 Å². The van der Waals surface area contributed by atoms with Crippen molar-refractivity contribution in [2.75, 3.05) is 40.0 Å². The van der Waals surface area contributed by atoms with Crippen LogP contribution in [0.4, 0.5) is 0 Å². The van der Waals surface area contributed by atoms with Crippen molar-refractivity contribution in [3.05, 3.63) is 11.7 Å². The summed E-state index contributed by atoms with van der Waals surface area (Å²) in [6, 6.07) is -0.246. The van der Waals surface area contributed by atoms with Crippen LogP contribution in [0, 0.1) is 0 Å². The van der Waals surface area contributed by atoms with E-state index < -0.39 is 0 Å². The van der Waals surface area contributed by atoms with Gasteiger partial charge in [-0.15, -0.1) is 0 Å². The largest absolute Gasteiger partial charge is 0.379 e. The molecular formula is C11H20N4O3. The molecule has 1 aliphatic rings. The Morgan fingerprint density at radius 3 is 2.83 bits per heavy atom. The Morgan fingerprint density at radius 1 is 1.44 bits per heavy atom. The maximum Gasteiger partial charge on any atom is 0.255 e. The minimum Gasteiger partial charge on any atom is -0.379 e. The fourth-order valence-corrected chi connectivity index (χ4v) is 1.81. The zero-order valence-corrected chi connectivity index (χ0v) is 10.8. The summed E-state index contributed by atoms with van der Waals surface area (Å²) in [6.45, 7) is 5.87. The smallest absolute Gasteiger partial charge is 0.255 e. The molecule has 2 heterocycles. The number of ether oxygens (including phenoxy) is 2. The minimum atomic E-state index is -0.246. The third-order valence-electron chi connectivity index (χ3n) is 3.05. The second kappa shape index (κ2) is 6.24. The van der Waals surface area contributed by atoms with Crippen molar-refractivity contribution in [1.82, 2.24) is 15.0 Å². The van der Waals surface area contributed by atoms with Crippen LogP contribution in [0.3, 0.4) is 0 Å². The number of hydrogen-bond acceptors (Lipinski definition) is 7. The Hall–Kier alpha value is -1.02. The summed E-state index contributed by atoms with van der Waals surface area (Å²) in [5.41, 5.74) is 6.07. The second-order valence-electron chi connectivity index (χ2n) is 4.39. The minimum absolute atomic E-state index is 0.207. The summed E-state index contributed by atoms with van der Waals surface area (Å²) in [5, 5.41) is 3.90. The number of nitrogens with two attached hydrogens (primary N) is 1. The Bertz CT molecular complexity index is 365. The monoisotopic (exact) mass is 256 g/mol. The lowest BCUT2D eigenvalue weighted by Crippen LogP contribution is -2.40. The number of rotatable bonds is 5. The van der Waals surface area contributed by atoms with E-state index >= 15 is 0 Å². The summed E-state index contributed by atoms with van der Waals surface area (Å²) in [4.78, 5) is 6.50. The van der Waals surface area contributed by atoms with Crippen molar-refractivity contribution < 1.29 is 14.0 Å². The highest BCUT2D eigenvalue weighted by molar-refractivity contribution is 4.95. The summed E-state index contributed by atoms with van der Waals surface area (Å²) in [6.07, 6.45) is -0.207. The van der Waals surface area contributed by atoms with E-state index in [1.165, 1.54) is 0 Å². The van der Waals surface area contributed by atoms with Crippen molar-refractivity contribution in [2.45, 2.75) is 19.1 Å². The summed E-state index contributed by atoms with van der Waals surface area (Å²) in [7, 11) is 1.60. The molecule has 0 spiro atoms. The van der Waals surface area contributed by atoms with Gasteiger partial charge in [0.15, 0.2) is 5.82 Å². The predicted molar refractivity (Wildman–Crippen MR) is 63.9 cm³/mol. The van der Waals surface area contributed by atoms with Crippen molar-refractivity contribution >= 4 is 0 Å². The molecule has 2 N–H and O–H groups in total. The van der Waals surface area contributed by atoms with E-state index in [0.29, 0.717) is 18.3 Å². The van der Waals surface area contributed by atoms with E-state index in [4.69, 9.17) is 19.7 Å². The van der Waals surface area contributed by atoms with Gasteiger partial charge in [0.1, 0.15) is 6.10 Å². The highest BCUT2D eigenvalue weighted by Gasteiger charge is 2.21. The van der Waals surface area contributed by atoms with Gasteiger partial charge in [0, 0.05) is 26.7 Å². The first-order chi connectivity index (χ1) is 8.70. The SMILES string of the molecule is COC(C)c1nc(C(N)CN2CCOCC2)no1. The van der Waals surface area contributed by atoms with Gasteiger partial charge in [0.2, 0.25) is 0 Å². The predicted octanol–water partition coefficient (Wildman–Crippen LogP) is 0.109. The van der Waals surface area contributed by atoms with E-state index in [0.717, 1.165) is 26.3 Å². The molecule has 0 bridgehead atoms. The highest BCUT2D eigenvalue weighted by atomic mass is 16.5. The topological polar surface area (TPSA) is 86.6 Å². The van der Waals surface area contributed by atoms with E-state index in [-0.39, 0.29) is 12.1 Å². The van der Waals surface area contributed by atoms with Gasteiger partial charge in [0.25, 0.3) is 5.89 Å². The van der Waals surface area contributed by atoms with Crippen LogP contribution in [-0.2, 0) is 9.47 Å². The molecule has 102 valence electrons. The van der Waals surface area contributed by atoms with Crippen molar-refractivity contribution in [3.63, 3.8) is 0 Å². The standard InChI is InChI=1S/C11H20N4O3/c1-8(16-2)11-13-10(14-18-11)9(12)7-15-3-5-17-6-4-15/h8-9H,3-7,12H2,1-2H3. The molecule has 1 aromatic rings. The first kappa shape index (κ1) is 13.4. The first-order valence-electron chi connectivity index (χ1n) is 6.12. The summed E-state index contributed by atoms with van der Waals surface area (Å²) >= 11 is 0. The van der Waals surface area contributed by atoms with Crippen LogP contribution in [0.1, 0.15) is 30.8 Å². The molecule has 1 saturated heterocycles. The van der Waals surface area contributed by atoms with Gasteiger partial charge in [-0.1, -0.05) is 5.16 Å². The van der Waals surface area contributed by atoms with Crippen LogP contribution in [0.15, 0.2) is 4.52 Å². The molecule has 2 unspecified atom stereocenters. The molecule has 7 nitrogen and oxygen atoms in total. The maximum atomic E-state index is 6.07. The van der Waals surface area contributed by atoms with Gasteiger partial charge in [-0.2, -0.15) is 4.98 Å². The van der Waals surface area contributed by atoms with Gasteiger partial charge in [-0.05, 0) is 6.92 Å². The second-order valence-corrected chi connectivity index (χ2v) is 4.39. The Kier molecular flexibility index (Phi) is 4.65. The van der Waals surface area contributed by atoms with Crippen molar-refractivity contribution in [3.8, 4) is 0 Å². The zero-order chi connectivity index (χ0) is 13.0. The van der Waals surface area contributed by atoms with Crippen LogP contribution < -0.4 is 5.73 Å². The number of hydrogen-bond donors (Lipinski definition) is 1. The molecule has 2 atom stereocenters. The molecule has 2 rings (SSSR count). The maximum absolute atomic E-state index is 6.07. The summed E-state index contributed by atoms with van der Waals surface area (Å²) < 4.78 is 15.5. The lowest BCUT2D eigenvalue weighted by atomic mass is 10.2. The van der Waals surface area contributed by atoms with Crippen molar-refractivity contribution in [1.29, 1.82) is 0 Å². The van der Waals surface area contributed by atoms with Crippen molar-refractivity contribution in [2.24, 2.45) is 5.73 Å². The molecule has 0 saturated carbocycles. The molecule has 0 radical (unpaired) electrons. The molecule has 1 aliphatic heterocycles. The Balaban J connectivity index is 1.91. The number of aromatic nitrogens is 2. The summed E-state index contributed by atoms with van der Waals surface area (Å²) in [5.74, 6) is 0.991. The molecule has 0 amide bonds. The van der Waals surface area contributed by atoms with Gasteiger partial charge in [-0.25, -0.2) is 0 Å². The zero-order valence-electron chi connectivity index (χ0n) is 10.8. The van der Waals surface area contributed by atoms with Gasteiger partial charge < -0.3 is 19.7 Å². The average molecular weight is 256 g/mol. The number of morpholine rings is 1. The van der Waals surface area contributed by atoms with E-state index in [9.17, 15) is 0 Å². The third kappa shape index (κ3) is 3.26. The van der Waals surface area contributed by atoms with Crippen LogP contribution in [0.25, 0.3) is 0 Å². The fourth-order valence-electron chi connectivity index (χ4n) is 1.81. The molecule has 1 fully saturated rings. The van der Waals surface area contributed by atoms with Gasteiger partial charge in [0.05, 0.1) is 19.3 Å². The molecule has 18 heavy (non-hydrogen) atoms. The number of methoxy groups -OCH3 is 1. The number of nitrogens with zero attached hydrogens (tertiary/aromatic N) is 3. The molecule has 1 aromatic heterocycles. The van der Waals surface area contributed by atoms with Crippen LogP contribution in [-0.4, -0.2) is 55.0 Å². The first-order valence-corrected chi connectivity index (χ1v) is 6.12. The fraction of sp³-hybridized carbons (Fsp3) is 0.818. The molecule has 0 aromatic carbocycles. The lowest BCUT2D eigenvalue weighted by Gasteiger charge is -2.27. The average Bonchev–Trinajstić information content (AvgIpc) is 2.88. The van der Waals surface area contributed by atoms with E-state index in [1.54, 1.807) is 7.11 Å². The van der Waals surface area contributed by atoms with Crippen LogP contribution in [0.2, 0.25) is 0 Å². The Morgan fingerprint density at radius 2 is 2.17 bits per heavy atom. The van der Waals surface area contributed by atoms with Crippen LogP contribution in [0.5, 0.6) is 0 Å². The highest BCUT2D eigenvalue weighted by Crippen LogP contribution is 2.16. The third-order valence-corrected chi connectivity index (χ3v) is 3.05. The molecular weight excluding hydrogens is 236 g/mol. The van der Waals surface area contributed by atoms with Gasteiger partial charge >= 0.3 is 0 Å². The van der Waals surface area contributed by atoms with Crippen LogP contribution >= 0.6 is 0 Å². The molecule has 0 aliphatic carbocycles. The molecule has 7 heteroatoms. The lowest BCUT2D eigenvalue weighted by molar-refractivity contribution is 0.0348.